The summed E-state index contributed by atoms with van der Waals surface area (Å²) in [6, 6.07) is 9.53. The van der Waals surface area contributed by atoms with Crippen LogP contribution < -0.4 is 9.47 Å². The van der Waals surface area contributed by atoms with Gasteiger partial charge in [-0.25, -0.2) is 0 Å². The summed E-state index contributed by atoms with van der Waals surface area (Å²) in [7, 11) is 1.57. The van der Waals surface area contributed by atoms with Crippen LogP contribution >= 0.6 is 11.6 Å². The second-order valence-electron chi connectivity index (χ2n) is 7.46. The fourth-order valence-electron chi connectivity index (χ4n) is 3.31. The van der Waals surface area contributed by atoms with Crippen molar-refractivity contribution in [1.82, 2.24) is 14.8 Å². The highest BCUT2D eigenvalue weighted by Crippen LogP contribution is 2.37. The van der Waals surface area contributed by atoms with Crippen molar-refractivity contribution in [1.29, 1.82) is 0 Å². The lowest BCUT2D eigenvalue weighted by Gasteiger charge is -2.34. The SMILES string of the molecule is COc1cc(/C=C/C(=O)N2CCN(Cc3ccccn3)CC2)cc(Cl)c1OC(C)C. The van der Waals surface area contributed by atoms with Crippen molar-refractivity contribution in [3.63, 3.8) is 0 Å². The summed E-state index contributed by atoms with van der Waals surface area (Å²) in [6.45, 7) is 7.72. The number of amides is 1. The molecule has 0 N–H and O–H groups in total. The quantitative estimate of drug-likeness (QED) is 0.625. The topological polar surface area (TPSA) is 54.9 Å². The predicted molar refractivity (Wildman–Crippen MR) is 119 cm³/mol. The number of ether oxygens (including phenoxy) is 2. The largest absolute Gasteiger partial charge is 0.493 e. The minimum Gasteiger partial charge on any atom is -0.493 e. The number of hydrogen-bond donors (Lipinski definition) is 0. The summed E-state index contributed by atoms with van der Waals surface area (Å²) in [4.78, 5) is 21.2. The second kappa shape index (κ2) is 10.5. The molecule has 7 heteroatoms. The molecule has 0 radical (unpaired) electrons. The second-order valence-corrected chi connectivity index (χ2v) is 7.86. The maximum Gasteiger partial charge on any atom is 0.246 e. The molecule has 0 aliphatic carbocycles. The summed E-state index contributed by atoms with van der Waals surface area (Å²) < 4.78 is 11.1. The van der Waals surface area contributed by atoms with Crippen molar-refractivity contribution in [2.24, 2.45) is 0 Å². The number of methoxy groups -OCH3 is 1. The van der Waals surface area contributed by atoms with Gasteiger partial charge in [0.25, 0.3) is 0 Å². The minimum atomic E-state index is -0.0179. The fraction of sp³-hybridized carbons (Fsp3) is 0.391. The molecule has 0 saturated carbocycles. The minimum absolute atomic E-state index is 0.00918. The van der Waals surface area contributed by atoms with Crippen LogP contribution in [0, 0.1) is 0 Å². The van der Waals surface area contributed by atoms with Gasteiger partial charge in [0.15, 0.2) is 11.5 Å². The van der Waals surface area contributed by atoms with E-state index in [1.54, 1.807) is 25.3 Å². The summed E-state index contributed by atoms with van der Waals surface area (Å²) >= 11 is 6.36. The van der Waals surface area contributed by atoms with E-state index in [4.69, 9.17) is 21.1 Å². The highest BCUT2D eigenvalue weighted by atomic mass is 35.5. The van der Waals surface area contributed by atoms with E-state index < -0.39 is 0 Å². The Balaban J connectivity index is 1.58. The van der Waals surface area contributed by atoms with Crippen molar-refractivity contribution in [2.75, 3.05) is 33.3 Å². The van der Waals surface area contributed by atoms with Crippen LogP contribution in [0.5, 0.6) is 11.5 Å². The molecule has 1 saturated heterocycles. The molecular weight excluding hydrogens is 402 g/mol. The normalized spacial score (nSPS) is 15.0. The number of carbonyl (C=O) groups excluding carboxylic acids is 1. The lowest BCUT2D eigenvalue weighted by atomic mass is 10.1. The highest BCUT2D eigenvalue weighted by Gasteiger charge is 2.20. The Hall–Kier alpha value is -2.57. The predicted octanol–water partition coefficient (Wildman–Crippen LogP) is 3.89. The van der Waals surface area contributed by atoms with E-state index in [1.165, 1.54) is 0 Å². The first-order valence-electron chi connectivity index (χ1n) is 10.1. The van der Waals surface area contributed by atoms with E-state index in [-0.39, 0.29) is 12.0 Å². The van der Waals surface area contributed by atoms with Gasteiger partial charge in [-0.15, -0.1) is 0 Å². The molecule has 2 aromatic rings. The van der Waals surface area contributed by atoms with Crippen molar-refractivity contribution in [3.05, 3.63) is 58.9 Å². The van der Waals surface area contributed by atoms with Crippen LogP contribution in [0.15, 0.2) is 42.6 Å². The first kappa shape index (κ1) is 22.1. The molecule has 1 fully saturated rings. The van der Waals surface area contributed by atoms with Crippen molar-refractivity contribution in [3.8, 4) is 11.5 Å². The third-order valence-corrected chi connectivity index (χ3v) is 5.10. The van der Waals surface area contributed by atoms with Gasteiger partial charge in [-0.2, -0.15) is 0 Å². The van der Waals surface area contributed by atoms with Crippen LogP contribution in [-0.4, -0.2) is 60.1 Å². The zero-order valence-electron chi connectivity index (χ0n) is 17.7. The van der Waals surface area contributed by atoms with Crippen molar-refractivity contribution >= 4 is 23.6 Å². The Morgan fingerprint density at radius 3 is 2.63 bits per heavy atom. The summed E-state index contributed by atoms with van der Waals surface area (Å²) in [5, 5.41) is 0.457. The number of nitrogens with zero attached hydrogens (tertiary/aromatic N) is 3. The van der Waals surface area contributed by atoms with E-state index in [1.807, 2.05) is 49.2 Å². The summed E-state index contributed by atoms with van der Waals surface area (Å²) in [6.07, 6.45) is 5.14. The van der Waals surface area contributed by atoms with Gasteiger partial charge in [-0.05, 0) is 49.8 Å². The first-order chi connectivity index (χ1) is 14.5. The standard InChI is InChI=1S/C23H28ClN3O3/c1-17(2)30-23-20(24)14-18(15-21(23)29-3)7-8-22(28)27-12-10-26(11-13-27)16-19-6-4-5-9-25-19/h4-9,14-15,17H,10-13,16H2,1-3H3/b8-7+. The number of hydrogen-bond acceptors (Lipinski definition) is 5. The zero-order chi connectivity index (χ0) is 21.5. The first-order valence-corrected chi connectivity index (χ1v) is 10.5. The van der Waals surface area contributed by atoms with E-state index in [0.717, 1.165) is 30.9 Å². The highest BCUT2D eigenvalue weighted by molar-refractivity contribution is 6.32. The van der Waals surface area contributed by atoms with E-state index in [9.17, 15) is 4.79 Å². The monoisotopic (exact) mass is 429 g/mol. The van der Waals surface area contributed by atoms with Gasteiger partial charge in [0.2, 0.25) is 5.91 Å². The molecular formula is C23H28ClN3O3. The molecule has 1 amide bonds. The van der Waals surface area contributed by atoms with Gasteiger partial charge >= 0.3 is 0 Å². The number of aromatic nitrogens is 1. The van der Waals surface area contributed by atoms with E-state index in [2.05, 4.69) is 9.88 Å². The maximum atomic E-state index is 12.6. The van der Waals surface area contributed by atoms with Gasteiger partial charge in [-0.3, -0.25) is 14.7 Å². The van der Waals surface area contributed by atoms with Gasteiger partial charge in [-0.1, -0.05) is 17.7 Å². The molecule has 0 unspecified atom stereocenters. The van der Waals surface area contributed by atoms with Crippen LogP contribution in [0.4, 0.5) is 0 Å². The smallest absolute Gasteiger partial charge is 0.246 e. The van der Waals surface area contributed by atoms with Gasteiger partial charge in [0, 0.05) is 45.0 Å². The average Bonchev–Trinajstić information content (AvgIpc) is 2.74. The lowest BCUT2D eigenvalue weighted by Crippen LogP contribution is -2.47. The Morgan fingerprint density at radius 1 is 1.23 bits per heavy atom. The van der Waals surface area contributed by atoms with E-state index in [0.29, 0.717) is 29.6 Å². The molecule has 6 nitrogen and oxygen atoms in total. The number of halogens is 1. The molecule has 2 heterocycles. The Morgan fingerprint density at radius 2 is 2.00 bits per heavy atom. The average molecular weight is 430 g/mol. The fourth-order valence-corrected chi connectivity index (χ4v) is 3.57. The number of piperazine rings is 1. The van der Waals surface area contributed by atoms with Gasteiger partial charge in [0.1, 0.15) is 0 Å². The number of carbonyl (C=O) groups is 1. The van der Waals surface area contributed by atoms with Crippen molar-refractivity contribution in [2.45, 2.75) is 26.5 Å². The van der Waals surface area contributed by atoms with Crippen LogP contribution in [0.1, 0.15) is 25.1 Å². The number of benzene rings is 1. The van der Waals surface area contributed by atoms with E-state index >= 15 is 0 Å². The molecule has 160 valence electrons. The van der Waals surface area contributed by atoms with Crippen LogP contribution in [0.2, 0.25) is 5.02 Å². The Bertz CT molecular complexity index is 879. The number of pyridine rings is 1. The molecule has 1 aromatic heterocycles. The Labute approximate surface area is 183 Å². The molecule has 1 aliphatic rings. The van der Waals surface area contributed by atoms with Crippen molar-refractivity contribution < 1.29 is 14.3 Å². The lowest BCUT2D eigenvalue weighted by molar-refractivity contribution is -0.127. The molecule has 30 heavy (non-hydrogen) atoms. The third-order valence-electron chi connectivity index (χ3n) is 4.82. The van der Waals surface area contributed by atoms with Gasteiger partial charge in [0.05, 0.1) is 23.9 Å². The van der Waals surface area contributed by atoms with Gasteiger partial charge < -0.3 is 14.4 Å². The zero-order valence-corrected chi connectivity index (χ0v) is 18.4. The maximum absolute atomic E-state index is 12.6. The molecule has 3 rings (SSSR count). The summed E-state index contributed by atoms with van der Waals surface area (Å²) in [5.41, 5.74) is 1.84. The molecule has 0 bridgehead atoms. The molecule has 0 atom stereocenters. The van der Waals surface area contributed by atoms with Crippen LogP contribution in [0.3, 0.4) is 0 Å². The van der Waals surface area contributed by atoms with Crippen LogP contribution in [-0.2, 0) is 11.3 Å². The third kappa shape index (κ3) is 5.97. The number of rotatable bonds is 7. The summed E-state index contributed by atoms with van der Waals surface area (Å²) in [5.74, 6) is 1.05. The Kier molecular flexibility index (Phi) is 7.71. The molecule has 0 spiro atoms. The molecule has 1 aliphatic heterocycles. The van der Waals surface area contributed by atoms with Crippen LogP contribution in [0.25, 0.3) is 6.08 Å². The molecule has 1 aromatic carbocycles.